The van der Waals surface area contributed by atoms with Gasteiger partial charge < -0.3 is 19.9 Å². The Morgan fingerprint density at radius 2 is 1.65 bits per heavy atom. The third kappa shape index (κ3) is 4.06. The quantitative estimate of drug-likeness (QED) is 0.329. The van der Waals surface area contributed by atoms with Crippen LogP contribution in [-0.2, 0) is 11.3 Å². The summed E-state index contributed by atoms with van der Waals surface area (Å²) in [6.07, 6.45) is 0. The van der Waals surface area contributed by atoms with Crippen LogP contribution >= 0.6 is 0 Å². The fourth-order valence-corrected chi connectivity index (χ4v) is 3.60. The smallest absolute Gasteiger partial charge is 0.341 e. The number of hydrogen-bond donors (Lipinski definition) is 2. The van der Waals surface area contributed by atoms with Crippen molar-refractivity contribution in [3.8, 4) is 11.5 Å². The van der Waals surface area contributed by atoms with E-state index < -0.39 is 29.4 Å². The molecular weight excluding hydrogens is 440 g/mol. The summed E-state index contributed by atoms with van der Waals surface area (Å²) in [7, 11) is 2.72. The van der Waals surface area contributed by atoms with Crippen molar-refractivity contribution in [1.82, 2.24) is 4.90 Å². The molecule has 0 saturated carbocycles. The van der Waals surface area contributed by atoms with Gasteiger partial charge >= 0.3 is 5.97 Å². The monoisotopic (exact) mass is 460 g/mol. The van der Waals surface area contributed by atoms with Crippen LogP contribution in [0.25, 0.3) is 0 Å². The number of benzene rings is 3. The lowest BCUT2D eigenvalue weighted by Gasteiger charge is -2.14. The number of ether oxygens (including phenoxy) is 2. The molecular formula is C25H20N2O7. The average Bonchev–Trinajstić information content (AvgIpc) is 3.09. The molecule has 172 valence electrons. The summed E-state index contributed by atoms with van der Waals surface area (Å²) in [5, 5.41) is 12.8. The third-order valence-corrected chi connectivity index (χ3v) is 5.42. The first-order chi connectivity index (χ1) is 16.3. The van der Waals surface area contributed by atoms with Crippen LogP contribution < -0.4 is 10.1 Å². The van der Waals surface area contributed by atoms with E-state index in [1.165, 1.54) is 43.5 Å². The maximum atomic E-state index is 12.9. The van der Waals surface area contributed by atoms with E-state index in [-0.39, 0.29) is 34.5 Å². The third-order valence-electron chi connectivity index (χ3n) is 5.42. The summed E-state index contributed by atoms with van der Waals surface area (Å²) in [5.74, 6) is -2.14. The van der Waals surface area contributed by atoms with Gasteiger partial charge in [-0.15, -0.1) is 0 Å². The Morgan fingerprint density at radius 3 is 2.32 bits per heavy atom. The highest BCUT2D eigenvalue weighted by molar-refractivity contribution is 6.22. The number of carbonyl (C=O) groups excluding carboxylic acids is 4. The zero-order valence-electron chi connectivity index (χ0n) is 18.3. The maximum Gasteiger partial charge on any atom is 0.341 e. The Kier molecular flexibility index (Phi) is 6.01. The van der Waals surface area contributed by atoms with Gasteiger partial charge in [0, 0.05) is 5.56 Å². The van der Waals surface area contributed by atoms with E-state index in [1.54, 1.807) is 31.4 Å². The lowest BCUT2D eigenvalue weighted by Crippen LogP contribution is -2.29. The molecule has 0 aromatic heterocycles. The molecule has 0 aliphatic carbocycles. The van der Waals surface area contributed by atoms with Crippen LogP contribution in [0.3, 0.4) is 0 Å². The number of esters is 1. The highest BCUT2D eigenvalue weighted by Gasteiger charge is 2.36. The van der Waals surface area contributed by atoms with Gasteiger partial charge in [-0.25, -0.2) is 4.79 Å². The number of aromatic hydroxyl groups is 1. The lowest BCUT2D eigenvalue weighted by molar-refractivity contribution is 0.0594. The minimum atomic E-state index is -0.757. The van der Waals surface area contributed by atoms with Crippen LogP contribution in [0.4, 0.5) is 5.69 Å². The molecule has 3 amide bonds. The van der Waals surface area contributed by atoms with Crippen molar-refractivity contribution in [1.29, 1.82) is 0 Å². The van der Waals surface area contributed by atoms with Gasteiger partial charge in [0.2, 0.25) is 0 Å². The first-order valence-electron chi connectivity index (χ1n) is 10.2. The first-order valence-corrected chi connectivity index (χ1v) is 10.2. The predicted octanol–water partition coefficient (Wildman–Crippen LogP) is 3.24. The van der Waals surface area contributed by atoms with Crippen molar-refractivity contribution in [2.45, 2.75) is 6.54 Å². The Morgan fingerprint density at radius 1 is 0.941 bits per heavy atom. The standard InChI is InChI=1S/C25H20N2O7/c1-33-16-9-6-14(7-10-16)13-27-23(30)17-11-8-15(12-19(17)24(27)31)22(29)26-20-5-3-4-18(21(20)28)25(32)34-2/h3-12,28H,13H2,1-2H3,(H,26,29). The Balaban J connectivity index is 1.55. The Hall–Kier alpha value is -4.66. The highest BCUT2D eigenvalue weighted by atomic mass is 16.5. The molecule has 0 atom stereocenters. The van der Waals surface area contributed by atoms with Gasteiger partial charge in [0.25, 0.3) is 17.7 Å². The lowest BCUT2D eigenvalue weighted by atomic mass is 10.0. The molecule has 3 aromatic carbocycles. The molecule has 1 heterocycles. The Bertz CT molecular complexity index is 1320. The van der Waals surface area contributed by atoms with Crippen LogP contribution in [0.2, 0.25) is 0 Å². The second-order valence-corrected chi connectivity index (χ2v) is 7.45. The zero-order chi connectivity index (χ0) is 24.4. The SMILES string of the molecule is COC(=O)c1cccc(NC(=O)c2ccc3c(c2)C(=O)N(Cc2ccc(OC)cc2)C3=O)c1O. The summed E-state index contributed by atoms with van der Waals surface area (Å²) in [6, 6.07) is 15.4. The van der Waals surface area contributed by atoms with Gasteiger partial charge in [-0.3, -0.25) is 19.3 Å². The molecule has 2 N–H and O–H groups in total. The fraction of sp³-hybridized carbons (Fsp3) is 0.120. The number of rotatable bonds is 6. The van der Waals surface area contributed by atoms with E-state index in [0.29, 0.717) is 5.75 Å². The molecule has 0 saturated heterocycles. The van der Waals surface area contributed by atoms with Gasteiger partial charge in [-0.05, 0) is 48.0 Å². The van der Waals surface area contributed by atoms with Crippen molar-refractivity contribution < 1.29 is 33.8 Å². The number of carbonyl (C=O) groups is 4. The van der Waals surface area contributed by atoms with Crippen molar-refractivity contribution in [2.24, 2.45) is 0 Å². The Labute approximate surface area is 194 Å². The fourth-order valence-electron chi connectivity index (χ4n) is 3.60. The van der Waals surface area contributed by atoms with Gasteiger partial charge in [-0.1, -0.05) is 18.2 Å². The number of phenolic OH excluding ortho intramolecular Hbond substituents is 1. The summed E-state index contributed by atoms with van der Waals surface area (Å²) < 4.78 is 9.72. The average molecular weight is 460 g/mol. The predicted molar refractivity (Wildman–Crippen MR) is 121 cm³/mol. The summed E-state index contributed by atoms with van der Waals surface area (Å²) in [4.78, 5) is 51.4. The number of fused-ring (bicyclic) bond motifs is 1. The van der Waals surface area contributed by atoms with Crippen molar-refractivity contribution >= 4 is 29.4 Å². The first kappa shape index (κ1) is 22.5. The minimum absolute atomic E-state index is 0.00284. The number of para-hydroxylation sites is 1. The van der Waals surface area contributed by atoms with E-state index in [4.69, 9.17) is 4.74 Å². The van der Waals surface area contributed by atoms with E-state index in [9.17, 15) is 24.3 Å². The van der Waals surface area contributed by atoms with E-state index in [1.807, 2.05) is 0 Å². The molecule has 3 aromatic rings. The van der Waals surface area contributed by atoms with Crippen LogP contribution in [0.15, 0.2) is 60.7 Å². The summed E-state index contributed by atoms with van der Waals surface area (Å²) >= 11 is 0. The number of phenols is 1. The second kappa shape index (κ2) is 9.07. The number of anilines is 1. The molecule has 9 nitrogen and oxygen atoms in total. The number of amides is 3. The van der Waals surface area contributed by atoms with E-state index in [0.717, 1.165) is 10.5 Å². The topological polar surface area (TPSA) is 122 Å². The van der Waals surface area contributed by atoms with Gasteiger partial charge in [0.05, 0.1) is 37.6 Å². The van der Waals surface area contributed by atoms with Crippen LogP contribution in [0.1, 0.15) is 47.0 Å². The normalized spacial score (nSPS) is 12.4. The number of imide groups is 1. The molecule has 0 fully saturated rings. The van der Waals surface area contributed by atoms with Gasteiger partial charge in [0.1, 0.15) is 11.3 Å². The molecule has 4 rings (SSSR count). The summed E-state index contributed by atoms with van der Waals surface area (Å²) in [6.45, 7) is 0.0755. The molecule has 9 heteroatoms. The number of nitrogens with one attached hydrogen (secondary N) is 1. The van der Waals surface area contributed by atoms with Crippen molar-refractivity contribution in [3.05, 3.63) is 88.5 Å². The molecule has 0 radical (unpaired) electrons. The largest absolute Gasteiger partial charge is 0.505 e. The zero-order valence-corrected chi connectivity index (χ0v) is 18.3. The van der Waals surface area contributed by atoms with E-state index >= 15 is 0 Å². The highest BCUT2D eigenvalue weighted by Crippen LogP contribution is 2.30. The molecule has 1 aliphatic heterocycles. The molecule has 34 heavy (non-hydrogen) atoms. The number of nitrogens with zero attached hydrogens (tertiary/aromatic N) is 1. The number of hydrogen-bond acceptors (Lipinski definition) is 7. The van der Waals surface area contributed by atoms with Crippen LogP contribution in [0, 0.1) is 0 Å². The van der Waals surface area contributed by atoms with Crippen LogP contribution in [0.5, 0.6) is 11.5 Å². The van der Waals surface area contributed by atoms with Gasteiger partial charge in [0.15, 0.2) is 5.75 Å². The molecule has 0 bridgehead atoms. The van der Waals surface area contributed by atoms with Crippen molar-refractivity contribution in [2.75, 3.05) is 19.5 Å². The van der Waals surface area contributed by atoms with Crippen molar-refractivity contribution in [3.63, 3.8) is 0 Å². The van der Waals surface area contributed by atoms with Gasteiger partial charge in [-0.2, -0.15) is 0 Å². The van der Waals surface area contributed by atoms with Crippen LogP contribution in [-0.4, -0.2) is 47.9 Å². The molecule has 0 unspecified atom stereocenters. The molecule has 1 aliphatic rings. The maximum absolute atomic E-state index is 12.9. The van der Waals surface area contributed by atoms with E-state index in [2.05, 4.69) is 10.1 Å². The summed E-state index contributed by atoms with van der Waals surface area (Å²) in [5.41, 5.74) is 1.05. The minimum Gasteiger partial charge on any atom is -0.505 e. The second-order valence-electron chi connectivity index (χ2n) is 7.45. The number of methoxy groups -OCH3 is 2. The molecule has 0 spiro atoms.